The minimum Gasteiger partial charge on any atom is -0.460 e. The molecule has 1 aliphatic rings. The van der Waals surface area contributed by atoms with Gasteiger partial charge in [-0.25, -0.2) is 9.97 Å². The van der Waals surface area contributed by atoms with Crippen molar-refractivity contribution in [3.8, 4) is 6.01 Å². The maximum absolute atomic E-state index is 13.3. The van der Waals surface area contributed by atoms with Crippen molar-refractivity contribution in [2.45, 2.75) is 57.6 Å². The van der Waals surface area contributed by atoms with Gasteiger partial charge in [0.1, 0.15) is 6.10 Å². The normalized spacial score (nSPS) is 18.5. The fourth-order valence-corrected chi connectivity index (χ4v) is 4.29. The summed E-state index contributed by atoms with van der Waals surface area (Å²) in [6.45, 7) is 3.90. The molecule has 0 bridgehead atoms. The zero-order valence-electron chi connectivity index (χ0n) is 18.1. The van der Waals surface area contributed by atoms with E-state index in [-0.39, 0.29) is 24.0 Å². The van der Waals surface area contributed by atoms with Crippen molar-refractivity contribution in [2.24, 2.45) is 0 Å². The lowest BCUT2D eigenvalue weighted by Gasteiger charge is -2.30. The van der Waals surface area contributed by atoms with Crippen LogP contribution in [0.4, 0.5) is 0 Å². The van der Waals surface area contributed by atoms with E-state index in [2.05, 4.69) is 15.3 Å². The summed E-state index contributed by atoms with van der Waals surface area (Å²) in [7, 11) is 0. The SMILES string of the molecule is Cc1cc(C)nc(OC2CCC(NC(=O)C(c3ccccc3)c3ccccc3)CC2)n1. The van der Waals surface area contributed by atoms with Crippen LogP contribution >= 0.6 is 0 Å². The average Bonchev–Trinajstić information content (AvgIpc) is 2.76. The summed E-state index contributed by atoms with van der Waals surface area (Å²) in [5, 5.41) is 3.29. The van der Waals surface area contributed by atoms with Gasteiger partial charge in [0.15, 0.2) is 0 Å². The quantitative estimate of drug-likeness (QED) is 0.632. The number of nitrogens with zero attached hydrogens (tertiary/aromatic N) is 2. The second kappa shape index (κ2) is 9.73. The third-order valence-electron chi connectivity index (χ3n) is 5.78. The molecule has 0 saturated heterocycles. The first-order valence-corrected chi connectivity index (χ1v) is 11.0. The molecule has 160 valence electrons. The van der Waals surface area contributed by atoms with Crippen molar-refractivity contribution in [3.63, 3.8) is 0 Å². The molecule has 1 N–H and O–H groups in total. The van der Waals surface area contributed by atoms with E-state index < -0.39 is 0 Å². The van der Waals surface area contributed by atoms with Crippen LogP contribution in [0.15, 0.2) is 66.7 Å². The standard InChI is InChI=1S/C26H29N3O2/c1-18-17-19(2)28-26(27-18)31-23-15-13-22(14-16-23)29-25(30)24(20-9-5-3-6-10-20)21-11-7-4-8-12-21/h3-12,17,22-24H,13-16H2,1-2H3,(H,29,30). The number of ether oxygens (including phenoxy) is 1. The molecular formula is C26H29N3O2. The zero-order valence-corrected chi connectivity index (χ0v) is 18.1. The van der Waals surface area contributed by atoms with Crippen LogP contribution < -0.4 is 10.1 Å². The molecule has 1 aromatic heterocycles. The Labute approximate surface area is 183 Å². The Hall–Kier alpha value is -3.21. The summed E-state index contributed by atoms with van der Waals surface area (Å²) in [6, 6.07) is 22.5. The van der Waals surface area contributed by atoms with Crippen molar-refractivity contribution < 1.29 is 9.53 Å². The van der Waals surface area contributed by atoms with Crippen molar-refractivity contribution in [3.05, 3.63) is 89.2 Å². The maximum Gasteiger partial charge on any atom is 0.317 e. The Morgan fingerprint density at radius 1 is 0.871 bits per heavy atom. The van der Waals surface area contributed by atoms with Crippen LogP contribution in [0.5, 0.6) is 6.01 Å². The number of hydrogen-bond donors (Lipinski definition) is 1. The van der Waals surface area contributed by atoms with Crippen LogP contribution in [0, 0.1) is 13.8 Å². The highest BCUT2D eigenvalue weighted by Gasteiger charge is 2.28. The predicted molar refractivity (Wildman–Crippen MR) is 121 cm³/mol. The summed E-state index contributed by atoms with van der Waals surface area (Å²) < 4.78 is 6.02. The van der Waals surface area contributed by atoms with E-state index in [9.17, 15) is 4.79 Å². The molecule has 1 fully saturated rings. The Bertz CT molecular complexity index is 940. The van der Waals surface area contributed by atoms with E-state index in [4.69, 9.17) is 4.74 Å². The van der Waals surface area contributed by atoms with Gasteiger partial charge in [-0.1, -0.05) is 60.7 Å². The monoisotopic (exact) mass is 415 g/mol. The first-order valence-electron chi connectivity index (χ1n) is 11.0. The Morgan fingerprint density at radius 2 is 1.39 bits per heavy atom. The molecule has 4 rings (SSSR count). The van der Waals surface area contributed by atoms with E-state index in [1.165, 1.54) is 0 Å². The molecule has 1 amide bonds. The average molecular weight is 416 g/mol. The van der Waals surface area contributed by atoms with Crippen LogP contribution in [-0.2, 0) is 4.79 Å². The fraction of sp³-hybridized carbons (Fsp3) is 0.346. The van der Waals surface area contributed by atoms with Crippen LogP contribution in [-0.4, -0.2) is 28.0 Å². The lowest BCUT2D eigenvalue weighted by atomic mass is 9.88. The lowest BCUT2D eigenvalue weighted by molar-refractivity contribution is -0.122. The van der Waals surface area contributed by atoms with Gasteiger partial charge in [-0.15, -0.1) is 0 Å². The van der Waals surface area contributed by atoms with Gasteiger partial charge >= 0.3 is 6.01 Å². The number of carbonyl (C=O) groups excluding carboxylic acids is 1. The molecule has 3 aromatic rings. The van der Waals surface area contributed by atoms with Crippen LogP contribution in [0.1, 0.15) is 54.1 Å². The molecule has 5 nitrogen and oxygen atoms in total. The van der Waals surface area contributed by atoms with E-state index in [0.717, 1.165) is 48.2 Å². The highest BCUT2D eigenvalue weighted by atomic mass is 16.5. The van der Waals surface area contributed by atoms with E-state index in [1.807, 2.05) is 80.6 Å². The van der Waals surface area contributed by atoms with Gasteiger partial charge in [0.25, 0.3) is 0 Å². The number of hydrogen-bond acceptors (Lipinski definition) is 4. The Kier molecular flexibility index (Phi) is 6.60. The van der Waals surface area contributed by atoms with Gasteiger partial charge in [-0.2, -0.15) is 0 Å². The number of rotatable bonds is 6. The second-order valence-electron chi connectivity index (χ2n) is 8.29. The molecule has 0 aliphatic heterocycles. The van der Waals surface area contributed by atoms with Gasteiger partial charge in [-0.05, 0) is 56.7 Å². The van der Waals surface area contributed by atoms with Crippen molar-refractivity contribution in [1.82, 2.24) is 15.3 Å². The van der Waals surface area contributed by atoms with Gasteiger partial charge in [0.05, 0.1) is 5.92 Å². The van der Waals surface area contributed by atoms with Gasteiger partial charge in [-0.3, -0.25) is 4.79 Å². The number of amides is 1. The Balaban J connectivity index is 1.38. The summed E-state index contributed by atoms with van der Waals surface area (Å²) in [5.74, 6) is -0.251. The molecule has 1 heterocycles. The number of benzene rings is 2. The molecule has 0 radical (unpaired) electrons. The summed E-state index contributed by atoms with van der Waals surface area (Å²) in [4.78, 5) is 22.1. The molecule has 0 unspecified atom stereocenters. The number of aryl methyl sites for hydroxylation is 2. The molecule has 0 spiro atoms. The number of nitrogens with one attached hydrogen (secondary N) is 1. The van der Waals surface area contributed by atoms with E-state index in [1.54, 1.807) is 0 Å². The predicted octanol–water partition coefficient (Wildman–Crippen LogP) is 4.73. The zero-order chi connectivity index (χ0) is 21.6. The van der Waals surface area contributed by atoms with Crippen molar-refractivity contribution in [2.75, 3.05) is 0 Å². The third-order valence-corrected chi connectivity index (χ3v) is 5.78. The van der Waals surface area contributed by atoms with Gasteiger partial charge in [0.2, 0.25) is 5.91 Å². The topological polar surface area (TPSA) is 64.1 Å². The highest BCUT2D eigenvalue weighted by Crippen LogP contribution is 2.27. The van der Waals surface area contributed by atoms with E-state index >= 15 is 0 Å². The number of carbonyl (C=O) groups is 1. The van der Waals surface area contributed by atoms with Crippen LogP contribution in [0.2, 0.25) is 0 Å². The molecule has 2 aromatic carbocycles. The second-order valence-corrected chi connectivity index (χ2v) is 8.29. The highest BCUT2D eigenvalue weighted by molar-refractivity contribution is 5.87. The largest absolute Gasteiger partial charge is 0.460 e. The minimum atomic E-state index is -0.306. The summed E-state index contributed by atoms with van der Waals surface area (Å²) in [6.07, 6.45) is 3.62. The maximum atomic E-state index is 13.3. The minimum absolute atomic E-state index is 0.0550. The van der Waals surface area contributed by atoms with Crippen LogP contribution in [0.25, 0.3) is 0 Å². The number of aromatic nitrogens is 2. The fourth-order valence-electron chi connectivity index (χ4n) is 4.29. The van der Waals surface area contributed by atoms with Crippen molar-refractivity contribution >= 4 is 5.91 Å². The van der Waals surface area contributed by atoms with E-state index in [0.29, 0.717) is 6.01 Å². The van der Waals surface area contributed by atoms with Crippen LogP contribution in [0.3, 0.4) is 0 Å². The first kappa shape index (κ1) is 21.0. The third kappa shape index (κ3) is 5.48. The van der Waals surface area contributed by atoms with Gasteiger partial charge < -0.3 is 10.1 Å². The molecule has 1 aliphatic carbocycles. The Morgan fingerprint density at radius 3 is 1.90 bits per heavy atom. The molecule has 1 saturated carbocycles. The molecule has 0 atom stereocenters. The summed E-state index contributed by atoms with van der Waals surface area (Å²) >= 11 is 0. The summed E-state index contributed by atoms with van der Waals surface area (Å²) in [5.41, 5.74) is 3.85. The smallest absolute Gasteiger partial charge is 0.317 e. The lowest BCUT2D eigenvalue weighted by Crippen LogP contribution is -2.42. The van der Waals surface area contributed by atoms with Gasteiger partial charge in [0, 0.05) is 17.4 Å². The molecule has 5 heteroatoms. The van der Waals surface area contributed by atoms with Crippen molar-refractivity contribution in [1.29, 1.82) is 0 Å². The molecular weight excluding hydrogens is 386 g/mol. The first-order chi connectivity index (χ1) is 15.1. The molecule has 31 heavy (non-hydrogen) atoms.